The highest BCUT2D eigenvalue weighted by Gasteiger charge is 2.18. The van der Waals surface area contributed by atoms with E-state index in [0.717, 1.165) is 27.9 Å². The van der Waals surface area contributed by atoms with Crippen LogP contribution in [-0.2, 0) is 6.42 Å². The molecule has 6 heteroatoms. The van der Waals surface area contributed by atoms with Gasteiger partial charge in [-0.25, -0.2) is 0 Å². The molecule has 0 aliphatic carbocycles. The van der Waals surface area contributed by atoms with Crippen molar-refractivity contribution in [3.8, 4) is 28.1 Å². The van der Waals surface area contributed by atoms with E-state index in [9.17, 15) is 14.7 Å². The maximum absolute atomic E-state index is 13.4. The number of nitrogens with one attached hydrogen (secondary N) is 2. The SMILES string of the molecule is Nc1ccccc1NC(=O)c1ccc(CCC(=O)c2[nH]c(-c3ccc(O)cc3)cc2-c2ccccc2)cc1. The van der Waals surface area contributed by atoms with Crippen molar-refractivity contribution in [3.05, 3.63) is 126 Å². The fourth-order valence-electron chi connectivity index (χ4n) is 4.33. The lowest BCUT2D eigenvalue weighted by atomic mass is 9.99. The largest absolute Gasteiger partial charge is 0.508 e. The van der Waals surface area contributed by atoms with E-state index in [1.165, 1.54) is 0 Å². The number of aromatic nitrogens is 1. The number of amides is 1. The van der Waals surface area contributed by atoms with Crippen LogP contribution in [0.15, 0.2) is 109 Å². The number of nitrogen functional groups attached to an aromatic ring is 1. The molecule has 4 aromatic carbocycles. The third-order valence-corrected chi connectivity index (χ3v) is 6.43. The van der Waals surface area contributed by atoms with E-state index >= 15 is 0 Å². The van der Waals surface area contributed by atoms with Crippen LogP contribution in [0.25, 0.3) is 22.4 Å². The summed E-state index contributed by atoms with van der Waals surface area (Å²) in [5.41, 5.74) is 12.5. The number of carbonyl (C=O) groups excluding carboxylic acids is 2. The number of nitrogens with two attached hydrogens (primary N) is 1. The Kier molecular flexibility index (Phi) is 7.04. The summed E-state index contributed by atoms with van der Waals surface area (Å²) in [6.45, 7) is 0. The first-order valence-corrected chi connectivity index (χ1v) is 12.3. The molecule has 0 saturated heterocycles. The number of hydrogen-bond donors (Lipinski definition) is 4. The van der Waals surface area contributed by atoms with Crippen molar-refractivity contribution in [2.75, 3.05) is 11.1 Å². The lowest BCUT2D eigenvalue weighted by molar-refractivity contribution is 0.0977. The second-order valence-corrected chi connectivity index (χ2v) is 9.05. The normalized spacial score (nSPS) is 10.7. The van der Waals surface area contributed by atoms with Crippen LogP contribution < -0.4 is 11.1 Å². The highest BCUT2D eigenvalue weighted by Crippen LogP contribution is 2.31. The molecule has 6 nitrogen and oxygen atoms in total. The first-order valence-electron chi connectivity index (χ1n) is 12.3. The van der Waals surface area contributed by atoms with Crippen LogP contribution in [-0.4, -0.2) is 21.8 Å². The van der Waals surface area contributed by atoms with Gasteiger partial charge in [0.05, 0.1) is 17.1 Å². The smallest absolute Gasteiger partial charge is 0.255 e. The van der Waals surface area contributed by atoms with E-state index in [1.807, 2.05) is 72.8 Å². The number of anilines is 2. The number of H-pyrrole nitrogens is 1. The van der Waals surface area contributed by atoms with Crippen molar-refractivity contribution >= 4 is 23.1 Å². The topological polar surface area (TPSA) is 108 Å². The summed E-state index contributed by atoms with van der Waals surface area (Å²) in [6.07, 6.45) is 0.843. The number of aromatic hydroxyl groups is 1. The van der Waals surface area contributed by atoms with Crippen LogP contribution in [0.1, 0.15) is 32.8 Å². The zero-order valence-electron chi connectivity index (χ0n) is 20.6. The number of para-hydroxylation sites is 2. The van der Waals surface area contributed by atoms with Crippen molar-refractivity contribution < 1.29 is 14.7 Å². The molecule has 0 saturated carbocycles. The summed E-state index contributed by atoms with van der Waals surface area (Å²) in [7, 11) is 0. The second kappa shape index (κ2) is 10.9. The van der Waals surface area contributed by atoms with Gasteiger partial charge in [0.1, 0.15) is 5.75 Å². The summed E-state index contributed by atoms with van der Waals surface area (Å²) >= 11 is 0. The number of hydrogen-bond acceptors (Lipinski definition) is 4. The van der Waals surface area contributed by atoms with Crippen LogP contribution in [0.2, 0.25) is 0 Å². The second-order valence-electron chi connectivity index (χ2n) is 9.05. The monoisotopic (exact) mass is 501 g/mol. The van der Waals surface area contributed by atoms with Gasteiger partial charge in [-0.3, -0.25) is 9.59 Å². The third-order valence-electron chi connectivity index (χ3n) is 6.43. The molecule has 0 radical (unpaired) electrons. The Morgan fingerprint density at radius 3 is 2.18 bits per heavy atom. The van der Waals surface area contributed by atoms with E-state index in [2.05, 4.69) is 10.3 Å². The molecule has 0 bridgehead atoms. The molecule has 0 aliphatic heterocycles. The van der Waals surface area contributed by atoms with Crippen LogP contribution in [0.5, 0.6) is 5.75 Å². The summed E-state index contributed by atoms with van der Waals surface area (Å²) < 4.78 is 0. The number of ketones is 1. The van der Waals surface area contributed by atoms with Crippen LogP contribution in [0.3, 0.4) is 0 Å². The highest BCUT2D eigenvalue weighted by molar-refractivity contribution is 6.06. The Morgan fingerprint density at radius 2 is 1.47 bits per heavy atom. The molecule has 0 fully saturated rings. The summed E-state index contributed by atoms with van der Waals surface area (Å²) in [5.74, 6) is -0.0611. The maximum Gasteiger partial charge on any atom is 0.255 e. The quantitative estimate of drug-likeness (QED) is 0.140. The third kappa shape index (κ3) is 5.50. The van der Waals surface area contributed by atoms with Crippen LogP contribution in [0, 0.1) is 0 Å². The number of aryl methyl sites for hydroxylation is 1. The number of benzene rings is 4. The van der Waals surface area contributed by atoms with Gasteiger partial charge in [-0.2, -0.15) is 0 Å². The van der Waals surface area contributed by atoms with Crippen molar-refractivity contribution in [2.24, 2.45) is 0 Å². The Balaban J connectivity index is 1.31. The number of Topliss-reactive ketones (excluding diaryl/α,β-unsaturated/α-hetero) is 1. The standard InChI is InChI=1S/C32H27N3O3/c33-27-8-4-5-9-28(27)35-32(38)24-13-10-21(11-14-24)12-19-30(37)31-26(22-6-2-1-3-7-22)20-29(34-31)23-15-17-25(36)18-16-23/h1-11,13-18,20,34,36H,12,19,33H2,(H,35,38). The summed E-state index contributed by atoms with van der Waals surface area (Å²) in [5, 5.41) is 12.5. The molecule has 5 rings (SSSR count). The Hall–Kier alpha value is -5.10. The van der Waals surface area contributed by atoms with Gasteiger partial charge in [-0.15, -0.1) is 0 Å². The molecule has 0 unspecified atom stereocenters. The van der Waals surface area contributed by atoms with Crippen LogP contribution in [0.4, 0.5) is 11.4 Å². The minimum atomic E-state index is -0.244. The van der Waals surface area contributed by atoms with Gasteiger partial charge in [0.2, 0.25) is 0 Å². The van der Waals surface area contributed by atoms with Crippen molar-refractivity contribution in [1.29, 1.82) is 0 Å². The van der Waals surface area contributed by atoms with Gasteiger partial charge in [0, 0.05) is 23.2 Å². The molecule has 1 aromatic heterocycles. The van der Waals surface area contributed by atoms with Gasteiger partial charge in [-0.1, -0.05) is 54.6 Å². The number of aromatic amines is 1. The van der Waals surface area contributed by atoms with E-state index in [0.29, 0.717) is 35.5 Å². The van der Waals surface area contributed by atoms with Crippen molar-refractivity contribution in [1.82, 2.24) is 4.98 Å². The molecule has 188 valence electrons. The van der Waals surface area contributed by atoms with Gasteiger partial charge < -0.3 is 21.1 Å². The zero-order valence-corrected chi connectivity index (χ0v) is 20.6. The van der Waals surface area contributed by atoms with E-state index in [-0.39, 0.29) is 17.4 Å². The first-order chi connectivity index (χ1) is 18.5. The van der Waals surface area contributed by atoms with E-state index in [1.54, 1.807) is 36.4 Å². The molecule has 1 amide bonds. The van der Waals surface area contributed by atoms with Gasteiger partial charge in [0.25, 0.3) is 5.91 Å². The predicted molar refractivity (Wildman–Crippen MR) is 151 cm³/mol. The molecular weight excluding hydrogens is 474 g/mol. The fourth-order valence-corrected chi connectivity index (χ4v) is 4.33. The van der Waals surface area contributed by atoms with Crippen molar-refractivity contribution in [2.45, 2.75) is 12.8 Å². The first kappa shape index (κ1) is 24.6. The highest BCUT2D eigenvalue weighted by atomic mass is 16.3. The number of rotatable bonds is 8. The minimum Gasteiger partial charge on any atom is -0.508 e. The molecule has 0 aliphatic rings. The molecule has 0 atom stereocenters. The van der Waals surface area contributed by atoms with E-state index < -0.39 is 0 Å². The lowest BCUT2D eigenvalue weighted by Crippen LogP contribution is -2.13. The number of carbonyl (C=O) groups is 2. The van der Waals surface area contributed by atoms with E-state index in [4.69, 9.17) is 5.73 Å². The molecule has 1 heterocycles. The molecular formula is C32H27N3O3. The average Bonchev–Trinajstić information content (AvgIpc) is 3.40. The fraction of sp³-hybridized carbons (Fsp3) is 0.0625. The maximum atomic E-state index is 13.4. The molecule has 38 heavy (non-hydrogen) atoms. The number of phenolic OH excluding ortho intramolecular Hbond substituents is 1. The van der Waals surface area contributed by atoms with Crippen molar-refractivity contribution in [3.63, 3.8) is 0 Å². The Morgan fingerprint density at radius 1 is 0.789 bits per heavy atom. The minimum absolute atomic E-state index is 0.00439. The molecule has 5 aromatic rings. The van der Waals surface area contributed by atoms with Gasteiger partial charge in [0.15, 0.2) is 5.78 Å². The lowest BCUT2D eigenvalue weighted by Gasteiger charge is -2.08. The predicted octanol–water partition coefficient (Wildman–Crippen LogP) is 6.70. The van der Waals surface area contributed by atoms with Crippen LogP contribution >= 0.6 is 0 Å². The molecule has 0 spiro atoms. The summed E-state index contributed by atoms with van der Waals surface area (Å²) in [4.78, 5) is 29.3. The average molecular weight is 502 g/mol. The Labute approximate surface area is 220 Å². The molecule has 5 N–H and O–H groups in total. The van der Waals surface area contributed by atoms with Gasteiger partial charge in [-0.05, 0) is 77.7 Å². The summed E-state index contributed by atoms with van der Waals surface area (Å²) in [6, 6.07) is 33.0. The van der Waals surface area contributed by atoms with Gasteiger partial charge >= 0.3 is 0 Å². The zero-order chi connectivity index (χ0) is 26.5. The number of phenols is 1. The Bertz CT molecular complexity index is 1570.